The van der Waals surface area contributed by atoms with Crippen LogP contribution in [0.4, 0.5) is 10.5 Å². The van der Waals surface area contributed by atoms with Crippen LogP contribution in [-0.4, -0.2) is 44.8 Å². The molecule has 0 saturated carbocycles. The number of nitro benzene ring substituents is 1. The third-order valence-electron chi connectivity index (χ3n) is 3.63. The molecular weight excluding hydrogens is 346 g/mol. The van der Waals surface area contributed by atoms with Crippen molar-refractivity contribution < 1.29 is 18.9 Å². The summed E-state index contributed by atoms with van der Waals surface area (Å²) in [6, 6.07) is 4.33. The number of oxazole rings is 1. The lowest BCUT2D eigenvalue weighted by Gasteiger charge is -2.24. The second-order valence-electron chi connectivity index (χ2n) is 6.84. The van der Waals surface area contributed by atoms with Crippen LogP contribution in [0.25, 0.3) is 11.1 Å². The number of amides is 1. The van der Waals surface area contributed by atoms with Crippen molar-refractivity contribution in [2.45, 2.75) is 43.3 Å². The van der Waals surface area contributed by atoms with E-state index >= 15 is 0 Å². The first-order chi connectivity index (χ1) is 11.7. The fourth-order valence-corrected chi connectivity index (χ4v) is 3.57. The summed E-state index contributed by atoms with van der Waals surface area (Å²) in [5, 5.41) is 11.4. The molecule has 1 aliphatic heterocycles. The van der Waals surface area contributed by atoms with Crippen LogP contribution in [0.5, 0.6) is 0 Å². The lowest BCUT2D eigenvalue weighted by molar-refractivity contribution is -0.384. The molecule has 0 N–H and O–H groups in total. The number of ether oxygens (including phenoxy) is 1. The van der Waals surface area contributed by atoms with Gasteiger partial charge in [0.1, 0.15) is 11.1 Å². The number of likely N-dealkylation sites (tertiary alicyclic amines) is 1. The Bertz CT molecular complexity index is 814. The van der Waals surface area contributed by atoms with E-state index in [0.717, 1.165) is 6.42 Å². The van der Waals surface area contributed by atoms with Crippen molar-refractivity contribution in [3.63, 3.8) is 0 Å². The summed E-state index contributed by atoms with van der Waals surface area (Å²) in [7, 11) is 0. The molecule has 1 amide bonds. The number of carbonyl (C=O) groups excluding carboxylic acids is 1. The van der Waals surface area contributed by atoms with E-state index in [1.807, 2.05) is 20.8 Å². The van der Waals surface area contributed by atoms with Gasteiger partial charge in [-0.1, -0.05) is 11.8 Å². The van der Waals surface area contributed by atoms with Crippen molar-refractivity contribution in [1.29, 1.82) is 0 Å². The number of nitro groups is 1. The second kappa shape index (κ2) is 6.55. The van der Waals surface area contributed by atoms with Gasteiger partial charge in [0.25, 0.3) is 10.9 Å². The molecule has 8 nitrogen and oxygen atoms in total. The molecule has 0 radical (unpaired) electrons. The lowest BCUT2D eigenvalue weighted by atomic mass is 10.2. The van der Waals surface area contributed by atoms with Crippen LogP contribution >= 0.6 is 11.8 Å². The Morgan fingerprint density at radius 2 is 2.24 bits per heavy atom. The molecule has 1 aliphatic rings. The summed E-state index contributed by atoms with van der Waals surface area (Å²) < 4.78 is 11.0. The number of benzene rings is 1. The number of hydrogen-bond acceptors (Lipinski definition) is 7. The van der Waals surface area contributed by atoms with Gasteiger partial charge in [-0.05, 0) is 33.3 Å². The van der Waals surface area contributed by atoms with E-state index in [9.17, 15) is 14.9 Å². The molecule has 1 fully saturated rings. The summed E-state index contributed by atoms with van der Waals surface area (Å²) in [5.41, 5.74) is 0.431. The molecule has 134 valence electrons. The molecule has 1 aromatic heterocycles. The highest BCUT2D eigenvalue weighted by Crippen LogP contribution is 2.32. The molecule has 1 saturated heterocycles. The topological polar surface area (TPSA) is 98.7 Å². The van der Waals surface area contributed by atoms with Crippen molar-refractivity contribution in [2.75, 3.05) is 13.1 Å². The van der Waals surface area contributed by atoms with E-state index in [2.05, 4.69) is 4.98 Å². The standard InChI is InChI=1S/C16H19N3O5S/c1-16(2,3)24-15(20)18-7-6-11(9-18)25-14-17-12-8-10(19(21)22)4-5-13(12)23-14/h4-5,8,11H,6-7,9H2,1-3H3/t11-/m0/s1. The molecule has 1 aromatic carbocycles. The summed E-state index contributed by atoms with van der Waals surface area (Å²) in [5.74, 6) is 0. The molecule has 9 heteroatoms. The molecule has 0 bridgehead atoms. The SMILES string of the molecule is CC(C)(C)OC(=O)N1CC[C@H](Sc2nc3cc([N+](=O)[O-])ccc3o2)C1. The third-order valence-corrected chi connectivity index (χ3v) is 4.72. The fraction of sp³-hybridized carbons (Fsp3) is 0.500. The van der Waals surface area contributed by atoms with Crippen molar-refractivity contribution in [3.8, 4) is 0 Å². The summed E-state index contributed by atoms with van der Waals surface area (Å²) in [6.45, 7) is 6.69. The number of non-ortho nitro benzene ring substituents is 1. The minimum atomic E-state index is -0.517. The summed E-state index contributed by atoms with van der Waals surface area (Å²) in [6.07, 6.45) is 0.492. The maximum Gasteiger partial charge on any atom is 0.410 e. The normalized spacial score (nSPS) is 17.9. The molecule has 25 heavy (non-hydrogen) atoms. The third kappa shape index (κ3) is 4.22. The van der Waals surface area contributed by atoms with Gasteiger partial charge in [0.15, 0.2) is 5.58 Å². The van der Waals surface area contributed by atoms with E-state index in [-0.39, 0.29) is 17.0 Å². The Morgan fingerprint density at radius 1 is 1.48 bits per heavy atom. The van der Waals surface area contributed by atoms with Gasteiger partial charge in [-0.2, -0.15) is 0 Å². The van der Waals surface area contributed by atoms with Gasteiger partial charge in [-0.15, -0.1) is 0 Å². The van der Waals surface area contributed by atoms with Gasteiger partial charge in [-0.25, -0.2) is 9.78 Å². The largest absolute Gasteiger partial charge is 0.444 e. The molecule has 0 spiro atoms. The average molecular weight is 365 g/mol. The molecule has 3 rings (SSSR count). The van der Waals surface area contributed by atoms with Crippen molar-refractivity contribution in [3.05, 3.63) is 28.3 Å². The molecule has 0 aliphatic carbocycles. The molecule has 2 heterocycles. The lowest BCUT2D eigenvalue weighted by Crippen LogP contribution is -2.35. The van der Waals surface area contributed by atoms with Crippen LogP contribution in [0.15, 0.2) is 27.8 Å². The molecular formula is C16H19N3O5S. The zero-order chi connectivity index (χ0) is 18.2. The number of rotatable bonds is 3. The van der Waals surface area contributed by atoms with E-state index in [1.54, 1.807) is 11.0 Å². The number of nitrogens with zero attached hydrogens (tertiary/aromatic N) is 3. The van der Waals surface area contributed by atoms with Crippen LogP contribution in [0.1, 0.15) is 27.2 Å². The highest BCUT2D eigenvalue weighted by molar-refractivity contribution is 7.99. The Labute approximate surface area is 148 Å². The molecule has 2 aromatic rings. The highest BCUT2D eigenvalue weighted by Gasteiger charge is 2.31. The smallest absolute Gasteiger partial charge is 0.410 e. The van der Waals surface area contributed by atoms with Crippen molar-refractivity contribution in [2.24, 2.45) is 0 Å². The van der Waals surface area contributed by atoms with Crippen LogP contribution < -0.4 is 0 Å². The van der Waals surface area contributed by atoms with E-state index in [4.69, 9.17) is 9.15 Å². The van der Waals surface area contributed by atoms with Gasteiger partial charge in [0.2, 0.25) is 0 Å². The van der Waals surface area contributed by atoms with Gasteiger partial charge >= 0.3 is 6.09 Å². The number of aromatic nitrogens is 1. The van der Waals surface area contributed by atoms with Crippen LogP contribution in [0.3, 0.4) is 0 Å². The van der Waals surface area contributed by atoms with Gasteiger partial charge in [-0.3, -0.25) is 10.1 Å². The maximum absolute atomic E-state index is 12.1. The van der Waals surface area contributed by atoms with Gasteiger partial charge < -0.3 is 14.1 Å². The first-order valence-electron chi connectivity index (χ1n) is 7.91. The Hall–Kier alpha value is -2.29. The average Bonchev–Trinajstić information content (AvgIpc) is 3.11. The maximum atomic E-state index is 12.1. The second-order valence-corrected chi connectivity index (χ2v) is 8.10. The van der Waals surface area contributed by atoms with E-state index in [0.29, 0.717) is 29.4 Å². The number of hydrogen-bond donors (Lipinski definition) is 0. The monoisotopic (exact) mass is 365 g/mol. The molecule has 1 atom stereocenters. The predicted molar refractivity (Wildman–Crippen MR) is 92.7 cm³/mol. The van der Waals surface area contributed by atoms with E-state index < -0.39 is 10.5 Å². The van der Waals surface area contributed by atoms with Crippen LogP contribution in [-0.2, 0) is 4.74 Å². The van der Waals surface area contributed by atoms with Crippen LogP contribution in [0.2, 0.25) is 0 Å². The predicted octanol–water partition coefficient (Wildman–Crippen LogP) is 3.84. The minimum Gasteiger partial charge on any atom is -0.444 e. The Balaban J connectivity index is 1.64. The number of thioether (sulfide) groups is 1. The highest BCUT2D eigenvalue weighted by atomic mass is 32.2. The zero-order valence-electron chi connectivity index (χ0n) is 14.2. The Kier molecular flexibility index (Phi) is 4.59. The molecule has 0 unspecified atom stereocenters. The van der Waals surface area contributed by atoms with E-state index in [1.165, 1.54) is 23.9 Å². The number of carbonyl (C=O) groups is 1. The zero-order valence-corrected chi connectivity index (χ0v) is 15.0. The van der Waals surface area contributed by atoms with Crippen LogP contribution in [0, 0.1) is 10.1 Å². The first kappa shape index (κ1) is 17.5. The van der Waals surface area contributed by atoms with Crippen molar-refractivity contribution >= 4 is 34.6 Å². The summed E-state index contributed by atoms with van der Waals surface area (Å²) >= 11 is 1.43. The van der Waals surface area contributed by atoms with Gasteiger partial charge in [0, 0.05) is 30.5 Å². The fourth-order valence-electron chi connectivity index (χ4n) is 2.52. The minimum absolute atomic E-state index is 0.0192. The first-order valence-corrected chi connectivity index (χ1v) is 8.79. The quantitative estimate of drug-likeness (QED) is 0.602. The summed E-state index contributed by atoms with van der Waals surface area (Å²) in [4.78, 5) is 28.4. The van der Waals surface area contributed by atoms with Crippen molar-refractivity contribution in [1.82, 2.24) is 9.88 Å². The Morgan fingerprint density at radius 3 is 2.92 bits per heavy atom. The van der Waals surface area contributed by atoms with Gasteiger partial charge in [0.05, 0.1) is 4.92 Å². The number of fused-ring (bicyclic) bond motifs is 1.